The first-order valence-corrected chi connectivity index (χ1v) is 8.52. The number of benzene rings is 1. The summed E-state index contributed by atoms with van der Waals surface area (Å²) in [4.78, 5) is 25.6. The minimum atomic E-state index is -0.473. The van der Waals surface area contributed by atoms with Gasteiger partial charge >= 0.3 is 0 Å². The summed E-state index contributed by atoms with van der Waals surface area (Å²) in [7, 11) is 0. The second-order valence-corrected chi connectivity index (χ2v) is 6.30. The van der Waals surface area contributed by atoms with E-state index in [2.05, 4.69) is 5.32 Å². The van der Waals surface area contributed by atoms with Crippen LogP contribution in [0.5, 0.6) is 0 Å². The predicted octanol–water partition coefficient (Wildman–Crippen LogP) is 2.44. The monoisotopic (exact) mass is 334 g/mol. The quantitative estimate of drug-likeness (QED) is 0.589. The maximum atomic E-state index is 12.5. The third-order valence-electron chi connectivity index (χ3n) is 5.00. The largest absolute Gasteiger partial charge is 0.366 e. The number of nitro benzene ring substituents is 1. The average Bonchev–Trinajstić information content (AvgIpc) is 3.13. The molecule has 0 radical (unpaired) electrons. The molecule has 24 heavy (non-hydrogen) atoms. The fraction of sp³-hybridized carbons (Fsp3) is 0.588. The van der Waals surface area contributed by atoms with Crippen molar-refractivity contribution in [3.8, 4) is 0 Å². The molecule has 7 nitrogen and oxygen atoms in total. The molecule has 0 bridgehead atoms. The molecule has 132 valence electrons. The smallest absolute Gasteiger partial charge is 0.293 e. The molecule has 0 saturated carbocycles. The van der Waals surface area contributed by atoms with Crippen LogP contribution in [-0.4, -0.2) is 36.0 Å². The second kappa shape index (κ2) is 7.61. The van der Waals surface area contributed by atoms with Crippen molar-refractivity contribution in [3.05, 3.63) is 33.9 Å². The van der Waals surface area contributed by atoms with Crippen molar-refractivity contribution in [2.75, 3.05) is 24.5 Å². The Morgan fingerprint density at radius 1 is 1.33 bits per heavy atom. The molecular formula is C17H26N4O3. The first-order valence-electron chi connectivity index (χ1n) is 8.52. The van der Waals surface area contributed by atoms with E-state index in [9.17, 15) is 14.9 Å². The average molecular weight is 334 g/mol. The SMILES string of the molecule is CCC(CC)(CN)NC(=O)c1ccc(N2CCCC2)c([N+](=O)[O-])c1. The lowest BCUT2D eigenvalue weighted by atomic mass is 9.92. The fourth-order valence-corrected chi connectivity index (χ4v) is 3.12. The number of hydrogen-bond donors (Lipinski definition) is 2. The van der Waals surface area contributed by atoms with Crippen LogP contribution in [0.15, 0.2) is 18.2 Å². The van der Waals surface area contributed by atoms with Gasteiger partial charge in [-0.25, -0.2) is 0 Å². The van der Waals surface area contributed by atoms with E-state index in [1.807, 2.05) is 18.7 Å². The molecule has 0 aliphatic carbocycles. The number of nitrogens with one attached hydrogen (secondary N) is 1. The van der Waals surface area contributed by atoms with Crippen molar-refractivity contribution < 1.29 is 9.72 Å². The van der Waals surface area contributed by atoms with E-state index in [-0.39, 0.29) is 11.6 Å². The fourth-order valence-electron chi connectivity index (χ4n) is 3.12. The van der Waals surface area contributed by atoms with Gasteiger partial charge in [-0.15, -0.1) is 0 Å². The number of carbonyl (C=O) groups excluding carboxylic acids is 1. The van der Waals surface area contributed by atoms with Crippen molar-refractivity contribution in [2.45, 2.75) is 45.1 Å². The molecule has 1 heterocycles. The summed E-state index contributed by atoms with van der Waals surface area (Å²) in [5.41, 5.74) is 6.20. The van der Waals surface area contributed by atoms with E-state index >= 15 is 0 Å². The normalized spacial score (nSPS) is 14.7. The van der Waals surface area contributed by atoms with Gasteiger partial charge in [-0.3, -0.25) is 14.9 Å². The van der Waals surface area contributed by atoms with Gasteiger partial charge in [-0.1, -0.05) is 13.8 Å². The van der Waals surface area contributed by atoms with Crippen LogP contribution >= 0.6 is 0 Å². The highest BCUT2D eigenvalue weighted by molar-refractivity contribution is 5.96. The molecule has 7 heteroatoms. The van der Waals surface area contributed by atoms with Crippen LogP contribution in [-0.2, 0) is 0 Å². The van der Waals surface area contributed by atoms with E-state index in [1.165, 1.54) is 6.07 Å². The van der Waals surface area contributed by atoms with Crippen molar-refractivity contribution >= 4 is 17.3 Å². The zero-order valence-corrected chi connectivity index (χ0v) is 14.4. The molecule has 0 unspecified atom stereocenters. The predicted molar refractivity (Wildman–Crippen MR) is 94.4 cm³/mol. The molecule has 1 saturated heterocycles. The molecule has 1 aliphatic rings. The lowest BCUT2D eigenvalue weighted by Crippen LogP contribution is -2.52. The molecule has 0 atom stereocenters. The van der Waals surface area contributed by atoms with Gasteiger partial charge in [0.15, 0.2) is 0 Å². The van der Waals surface area contributed by atoms with Gasteiger partial charge in [0.1, 0.15) is 5.69 Å². The Kier molecular flexibility index (Phi) is 5.77. The van der Waals surface area contributed by atoms with Gasteiger partial charge in [-0.2, -0.15) is 0 Å². The summed E-state index contributed by atoms with van der Waals surface area (Å²) in [6.45, 7) is 5.90. The summed E-state index contributed by atoms with van der Waals surface area (Å²) < 4.78 is 0. The van der Waals surface area contributed by atoms with Crippen LogP contribution in [0.1, 0.15) is 49.9 Å². The molecule has 1 fully saturated rings. The van der Waals surface area contributed by atoms with Crippen molar-refractivity contribution in [1.82, 2.24) is 5.32 Å². The van der Waals surface area contributed by atoms with Gasteiger partial charge in [-0.05, 0) is 37.8 Å². The van der Waals surface area contributed by atoms with Crippen molar-refractivity contribution in [2.24, 2.45) is 5.73 Å². The molecule has 3 N–H and O–H groups in total. The van der Waals surface area contributed by atoms with Crippen molar-refractivity contribution in [1.29, 1.82) is 0 Å². The number of amides is 1. The number of hydrogen-bond acceptors (Lipinski definition) is 5. The number of nitro groups is 1. The summed E-state index contributed by atoms with van der Waals surface area (Å²) in [5, 5.41) is 14.4. The molecule has 0 spiro atoms. The Bertz CT molecular complexity index is 600. The molecule has 1 aromatic rings. The molecule has 0 aromatic heterocycles. The first-order chi connectivity index (χ1) is 11.5. The minimum Gasteiger partial charge on any atom is -0.366 e. The van der Waals surface area contributed by atoms with Gasteiger partial charge in [0.2, 0.25) is 0 Å². The topological polar surface area (TPSA) is 102 Å². The van der Waals surface area contributed by atoms with Crippen LogP contribution in [0.3, 0.4) is 0 Å². The number of carbonyl (C=O) groups is 1. The van der Waals surface area contributed by atoms with Crippen LogP contribution in [0.25, 0.3) is 0 Å². The summed E-state index contributed by atoms with van der Waals surface area (Å²) in [6.07, 6.45) is 3.48. The van der Waals surface area contributed by atoms with E-state index in [1.54, 1.807) is 12.1 Å². The second-order valence-electron chi connectivity index (χ2n) is 6.30. The highest BCUT2D eigenvalue weighted by Crippen LogP contribution is 2.31. The summed E-state index contributed by atoms with van der Waals surface area (Å²) in [6, 6.07) is 4.71. The molecule has 2 rings (SSSR count). The van der Waals surface area contributed by atoms with E-state index in [0.29, 0.717) is 30.6 Å². The van der Waals surface area contributed by atoms with Crippen molar-refractivity contribution in [3.63, 3.8) is 0 Å². The van der Waals surface area contributed by atoms with Gasteiger partial charge in [0.05, 0.1) is 10.5 Å². The molecule has 1 aliphatic heterocycles. The third kappa shape index (κ3) is 3.67. The Morgan fingerprint density at radius 3 is 2.46 bits per heavy atom. The first kappa shape index (κ1) is 18.2. The number of nitrogens with zero attached hydrogens (tertiary/aromatic N) is 2. The number of anilines is 1. The van der Waals surface area contributed by atoms with E-state index < -0.39 is 10.5 Å². The Labute approximate surface area is 142 Å². The standard InChI is InChI=1S/C17H26N4O3/c1-3-17(4-2,12-18)19-16(22)13-7-8-14(15(11-13)21(23)24)20-9-5-6-10-20/h7-8,11H,3-6,9-10,12,18H2,1-2H3,(H,19,22). The minimum absolute atomic E-state index is 0.0177. The van der Waals surface area contributed by atoms with Crippen LogP contribution in [0.4, 0.5) is 11.4 Å². The molecular weight excluding hydrogens is 308 g/mol. The third-order valence-corrected chi connectivity index (χ3v) is 5.00. The number of rotatable bonds is 7. The maximum Gasteiger partial charge on any atom is 0.293 e. The lowest BCUT2D eigenvalue weighted by molar-refractivity contribution is -0.384. The Balaban J connectivity index is 2.29. The van der Waals surface area contributed by atoms with Gasteiger partial charge < -0.3 is 16.0 Å². The van der Waals surface area contributed by atoms with Crippen LogP contribution in [0, 0.1) is 10.1 Å². The zero-order valence-electron chi connectivity index (χ0n) is 14.4. The van der Waals surface area contributed by atoms with Crippen LogP contribution < -0.4 is 16.0 Å². The summed E-state index contributed by atoms with van der Waals surface area (Å²) >= 11 is 0. The molecule has 1 aromatic carbocycles. The zero-order chi connectivity index (χ0) is 17.7. The maximum absolute atomic E-state index is 12.5. The van der Waals surface area contributed by atoms with Crippen LogP contribution in [0.2, 0.25) is 0 Å². The number of nitrogens with two attached hydrogens (primary N) is 1. The summed E-state index contributed by atoms with van der Waals surface area (Å²) in [5.74, 6) is -0.319. The lowest BCUT2D eigenvalue weighted by Gasteiger charge is -2.31. The van der Waals surface area contributed by atoms with E-state index in [4.69, 9.17) is 5.73 Å². The van der Waals surface area contributed by atoms with Gasteiger partial charge in [0.25, 0.3) is 11.6 Å². The highest BCUT2D eigenvalue weighted by Gasteiger charge is 2.29. The van der Waals surface area contributed by atoms with E-state index in [0.717, 1.165) is 25.9 Å². The molecule has 1 amide bonds. The Morgan fingerprint density at radius 2 is 1.96 bits per heavy atom. The Hall–Kier alpha value is -2.15. The highest BCUT2D eigenvalue weighted by atomic mass is 16.6. The van der Waals surface area contributed by atoms with Gasteiger partial charge in [0, 0.05) is 31.3 Å².